The van der Waals surface area contributed by atoms with E-state index in [1.807, 2.05) is 0 Å². The molecule has 1 spiro atoms. The van der Waals surface area contributed by atoms with Crippen molar-refractivity contribution in [2.24, 2.45) is 11.8 Å². The van der Waals surface area contributed by atoms with Crippen LogP contribution in [0.1, 0.15) is 46.5 Å². The van der Waals surface area contributed by atoms with Crippen molar-refractivity contribution >= 4 is 5.78 Å². The molecule has 0 bridgehead atoms. The molecule has 5 atom stereocenters. The summed E-state index contributed by atoms with van der Waals surface area (Å²) in [5.41, 5.74) is -0.405. The minimum atomic E-state index is -0.361. The van der Waals surface area contributed by atoms with Gasteiger partial charge in [0.2, 0.25) is 0 Å². The average Bonchev–Trinajstić information content (AvgIpc) is 3.29. The molecule has 114 valence electrons. The van der Waals surface area contributed by atoms with E-state index in [4.69, 9.17) is 14.2 Å². The predicted molar refractivity (Wildman–Crippen MR) is 74.6 cm³/mol. The Morgan fingerprint density at radius 3 is 2.70 bits per heavy atom. The molecule has 0 aromatic rings. The van der Waals surface area contributed by atoms with Crippen molar-refractivity contribution in [3.05, 3.63) is 0 Å². The van der Waals surface area contributed by atoms with E-state index in [9.17, 15) is 4.79 Å². The molecule has 2 heterocycles. The molecule has 3 fully saturated rings. The number of ether oxygens (including phenoxy) is 3. The van der Waals surface area contributed by atoms with Crippen molar-refractivity contribution in [2.45, 2.75) is 69.9 Å². The highest BCUT2D eigenvalue weighted by Crippen LogP contribution is 2.58. The van der Waals surface area contributed by atoms with E-state index >= 15 is 0 Å². The van der Waals surface area contributed by atoms with Crippen LogP contribution in [0.3, 0.4) is 0 Å². The normalized spacial score (nSPS) is 47.0. The second-order valence-electron chi connectivity index (χ2n) is 7.22. The molecule has 4 heteroatoms. The van der Waals surface area contributed by atoms with Crippen molar-refractivity contribution in [1.29, 1.82) is 0 Å². The quantitative estimate of drug-likeness (QED) is 0.726. The fraction of sp³-hybridized carbons (Fsp3) is 0.938. The number of Topliss-reactive ketones (excluding diaryl/α,β-unsaturated/α-hetero) is 1. The highest BCUT2D eigenvalue weighted by molar-refractivity contribution is 5.85. The van der Waals surface area contributed by atoms with Crippen LogP contribution in [-0.2, 0) is 19.0 Å². The van der Waals surface area contributed by atoms with E-state index < -0.39 is 0 Å². The van der Waals surface area contributed by atoms with Crippen LogP contribution in [0.25, 0.3) is 0 Å². The van der Waals surface area contributed by atoms with Crippen molar-refractivity contribution < 1.29 is 19.0 Å². The van der Waals surface area contributed by atoms with Gasteiger partial charge in [-0.25, -0.2) is 0 Å². The SMILES string of the molecule is CO[C@@H]1C(=O)CC[C@]2(CO2)[C@H]1[C@]1(C)O[C@@H]1CCC(C)C. The van der Waals surface area contributed by atoms with Crippen LogP contribution >= 0.6 is 0 Å². The van der Waals surface area contributed by atoms with Gasteiger partial charge in [-0.05, 0) is 32.1 Å². The Kier molecular flexibility index (Phi) is 3.47. The van der Waals surface area contributed by atoms with Gasteiger partial charge in [-0.15, -0.1) is 0 Å². The maximum Gasteiger partial charge on any atom is 0.162 e. The molecule has 20 heavy (non-hydrogen) atoms. The zero-order chi connectivity index (χ0) is 14.5. The topological polar surface area (TPSA) is 51.4 Å². The molecule has 2 saturated heterocycles. The van der Waals surface area contributed by atoms with Crippen molar-refractivity contribution in [3.8, 4) is 0 Å². The summed E-state index contributed by atoms with van der Waals surface area (Å²) in [6.07, 6.45) is 3.51. The van der Waals surface area contributed by atoms with Crippen molar-refractivity contribution in [3.63, 3.8) is 0 Å². The minimum Gasteiger partial charge on any atom is -0.373 e. The molecule has 3 rings (SSSR count). The van der Waals surface area contributed by atoms with Gasteiger partial charge in [0.15, 0.2) is 5.78 Å². The maximum atomic E-state index is 12.2. The molecule has 3 aliphatic rings. The highest BCUT2D eigenvalue weighted by Gasteiger charge is 2.71. The van der Waals surface area contributed by atoms with Gasteiger partial charge in [-0.1, -0.05) is 13.8 Å². The van der Waals surface area contributed by atoms with Crippen LogP contribution in [0.2, 0.25) is 0 Å². The first-order chi connectivity index (χ1) is 9.43. The Morgan fingerprint density at radius 2 is 2.15 bits per heavy atom. The van der Waals surface area contributed by atoms with Crippen LogP contribution in [0.4, 0.5) is 0 Å². The third-order valence-electron chi connectivity index (χ3n) is 5.35. The van der Waals surface area contributed by atoms with Gasteiger partial charge < -0.3 is 14.2 Å². The largest absolute Gasteiger partial charge is 0.373 e. The Hall–Kier alpha value is -0.450. The lowest BCUT2D eigenvalue weighted by molar-refractivity contribution is -0.142. The molecule has 2 aliphatic heterocycles. The van der Waals surface area contributed by atoms with E-state index in [2.05, 4.69) is 20.8 Å². The van der Waals surface area contributed by atoms with Crippen LogP contribution in [0.5, 0.6) is 0 Å². The Labute approximate surface area is 121 Å². The Morgan fingerprint density at radius 1 is 1.45 bits per heavy atom. The fourth-order valence-corrected chi connectivity index (χ4v) is 3.98. The fourth-order valence-electron chi connectivity index (χ4n) is 3.98. The summed E-state index contributed by atoms with van der Waals surface area (Å²) in [5, 5.41) is 0. The lowest BCUT2D eigenvalue weighted by atomic mass is 9.68. The molecule has 0 N–H and O–H groups in total. The standard InChI is InChI=1S/C16H26O4/c1-10(2)5-6-12-15(3,20-12)14-13(18-4)11(17)7-8-16(14)9-19-16/h10,12-14H,5-9H2,1-4H3/t12-,13-,14-,15-,16+/m1/s1. The molecule has 1 saturated carbocycles. The number of methoxy groups -OCH3 is 1. The van der Waals surface area contributed by atoms with Crippen LogP contribution < -0.4 is 0 Å². The van der Waals surface area contributed by atoms with Gasteiger partial charge in [0, 0.05) is 13.5 Å². The van der Waals surface area contributed by atoms with Gasteiger partial charge in [0.25, 0.3) is 0 Å². The van der Waals surface area contributed by atoms with Gasteiger partial charge >= 0.3 is 0 Å². The summed E-state index contributed by atoms with van der Waals surface area (Å²) in [7, 11) is 1.63. The average molecular weight is 282 g/mol. The molecule has 0 unspecified atom stereocenters. The van der Waals surface area contributed by atoms with E-state index in [1.54, 1.807) is 7.11 Å². The van der Waals surface area contributed by atoms with E-state index in [-0.39, 0.29) is 35.1 Å². The number of hydrogen-bond donors (Lipinski definition) is 0. The van der Waals surface area contributed by atoms with Crippen LogP contribution in [0.15, 0.2) is 0 Å². The number of carbonyl (C=O) groups excluding carboxylic acids is 1. The van der Waals surface area contributed by atoms with Gasteiger partial charge in [-0.3, -0.25) is 4.79 Å². The second kappa shape index (κ2) is 4.79. The molecule has 0 amide bonds. The molecule has 0 aromatic carbocycles. The summed E-state index contributed by atoms with van der Waals surface area (Å²) in [6, 6.07) is 0. The zero-order valence-corrected chi connectivity index (χ0v) is 13.0. The van der Waals surface area contributed by atoms with E-state index in [1.165, 1.54) is 0 Å². The minimum absolute atomic E-state index is 0.0541. The third-order valence-corrected chi connectivity index (χ3v) is 5.35. The summed E-state index contributed by atoms with van der Waals surface area (Å²) in [6.45, 7) is 7.35. The first-order valence-electron chi connectivity index (χ1n) is 7.80. The van der Waals surface area contributed by atoms with Crippen LogP contribution in [-0.4, -0.2) is 42.9 Å². The van der Waals surface area contributed by atoms with E-state index in [0.29, 0.717) is 12.3 Å². The summed E-state index contributed by atoms with van der Waals surface area (Å²) < 4.78 is 17.3. The monoisotopic (exact) mass is 282 g/mol. The first kappa shape index (κ1) is 14.5. The second-order valence-corrected chi connectivity index (χ2v) is 7.22. The lowest BCUT2D eigenvalue weighted by Gasteiger charge is -2.37. The van der Waals surface area contributed by atoms with Gasteiger partial charge in [0.05, 0.1) is 18.6 Å². The predicted octanol–water partition coefficient (Wildman–Crippen LogP) is 2.34. The first-order valence-corrected chi connectivity index (χ1v) is 7.80. The Balaban J connectivity index is 1.75. The lowest BCUT2D eigenvalue weighted by Crippen LogP contribution is -2.53. The number of rotatable bonds is 5. The van der Waals surface area contributed by atoms with Crippen molar-refractivity contribution in [2.75, 3.05) is 13.7 Å². The molecule has 4 nitrogen and oxygen atoms in total. The molecule has 0 aromatic heterocycles. The summed E-state index contributed by atoms with van der Waals surface area (Å²) >= 11 is 0. The highest BCUT2D eigenvalue weighted by atomic mass is 16.6. The molecule has 1 aliphatic carbocycles. The number of carbonyl (C=O) groups is 1. The number of hydrogen-bond acceptors (Lipinski definition) is 4. The smallest absolute Gasteiger partial charge is 0.162 e. The Bertz CT molecular complexity index is 401. The summed E-state index contributed by atoms with van der Waals surface area (Å²) in [5.74, 6) is 0.942. The van der Waals surface area contributed by atoms with E-state index in [0.717, 1.165) is 25.9 Å². The zero-order valence-electron chi connectivity index (χ0n) is 13.0. The molecular formula is C16H26O4. The third kappa shape index (κ3) is 2.22. The number of ketones is 1. The summed E-state index contributed by atoms with van der Waals surface area (Å²) in [4.78, 5) is 12.2. The van der Waals surface area contributed by atoms with Gasteiger partial charge in [0.1, 0.15) is 17.3 Å². The van der Waals surface area contributed by atoms with Gasteiger partial charge in [-0.2, -0.15) is 0 Å². The maximum absolute atomic E-state index is 12.2. The molecule has 0 radical (unpaired) electrons. The number of epoxide rings is 2. The van der Waals surface area contributed by atoms with Crippen molar-refractivity contribution in [1.82, 2.24) is 0 Å². The molecular weight excluding hydrogens is 256 g/mol. The van der Waals surface area contributed by atoms with Crippen LogP contribution in [0, 0.1) is 11.8 Å².